The molecule has 0 radical (unpaired) electrons. The van der Waals surface area contributed by atoms with Crippen LogP contribution in [0.2, 0.25) is 0 Å². The molecule has 1 aromatic heterocycles. The molecule has 1 aliphatic heterocycles. The predicted molar refractivity (Wildman–Crippen MR) is 62.6 cm³/mol. The van der Waals surface area contributed by atoms with E-state index in [0.717, 1.165) is 0 Å². The molecule has 0 aliphatic carbocycles. The zero-order valence-electron chi connectivity index (χ0n) is 21.8. The molecule has 2 rings (SSSR count). The zero-order chi connectivity index (χ0) is 23.2. The van der Waals surface area contributed by atoms with Crippen molar-refractivity contribution in [2.45, 2.75) is 32.0 Å². The smallest absolute Gasteiger partial charge is 0.0862 e. The molecule has 1 aromatic rings. The van der Waals surface area contributed by atoms with Crippen LogP contribution in [0.3, 0.4) is 0 Å². The molecule has 0 amide bonds. The molecule has 0 saturated carbocycles. The Labute approximate surface area is 115 Å². The van der Waals surface area contributed by atoms with Crippen LogP contribution in [0.4, 0.5) is 5.69 Å². The summed E-state index contributed by atoms with van der Waals surface area (Å²) in [5, 5.41) is 0. The van der Waals surface area contributed by atoms with Gasteiger partial charge in [0.2, 0.25) is 0 Å². The van der Waals surface area contributed by atoms with Gasteiger partial charge in [0.15, 0.2) is 0 Å². The van der Waals surface area contributed by atoms with E-state index in [1.165, 1.54) is 0 Å². The molecular weight excluding hydrogens is 240 g/mol. The average Bonchev–Trinajstić information content (AvgIpc) is 2.53. The highest BCUT2D eigenvalue weighted by Crippen LogP contribution is 2.25. The Kier molecular flexibility index (Phi) is 0.736. The second kappa shape index (κ2) is 4.30. The van der Waals surface area contributed by atoms with Gasteiger partial charge in [0.1, 0.15) is 0 Å². The van der Waals surface area contributed by atoms with Gasteiger partial charge in [-0.05, 0) is 47.9 Å². The quantitative estimate of drug-likeness (QED) is 0.779. The van der Waals surface area contributed by atoms with E-state index in [9.17, 15) is 0 Å². The first kappa shape index (κ1) is 2.40. The Morgan fingerprint density at radius 3 is 3.57 bits per heavy atom. The van der Waals surface area contributed by atoms with Crippen molar-refractivity contribution in [2.24, 2.45) is 0 Å². The van der Waals surface area contributed by atoms with Gasteiger partial charge in [0.05, 0.1) is 17.3 Å². The summed E-state index contributed by atoms with van der Waals surface area (Å²) < 4.78 is 119. The molecule has 14 heavy (non-hydrogen) atoms. The molecule has 0 N–H and O–H groups in total. The first-order chi connectivity index (χ1) is 12.6. The van der Waals surface area contributed by atoms with Crippen LogP contribution in [-0.4, -0.2) is 17.5 Å². The Morgan fingerprint density at radius 2 is 2.71 bits per heavy atom. The summed E-state index contributed by atoms with van der Waals surface area (Å²) >= 11 is 2.80. The van der Waals surface area contributed by atoms with Crippen molar-refractivity contribution in [3.63, 3.8) is 0 Å². The minimum Gasteiger partial charge on any atom is -0.368 e. The van der Waals surface area contributed by atoms with Gasteiger partial charge in [-0.1, -0.05) is 0 Å². The maximum atomic E-state index is 8.46. The normalized spacial score (nSPS) is 58.6. The third-order valence-corrected chi connectivity index (χ3v) is 1.78. The fourth-order valence-electron chi connectivity index (χ4n) is 0.850. The van der Waals surface area contributed by atoms with E-state index in [2.05, 4.69) is 20.9 Å². The van der Waals surface area contributed by atoms with Gasteiger partial charge in [-0.2, -0.15) is 0 Å². The molecule has 0 bridgehead atoms. The number of rotatable bonds is 1. The third-order valence-electron chi connectivity index (χ3n) is 1.40. The number of hydrogen-bond donors (Lipinski definition) is 0. The van der Waals surface area contributed by atoms with E-state index in [1.807, 2.05) is 0 Å². The summed E-state index contributed by atoms with van der Waals surface area (Å²) in [5.41, 5.74) is -1.06. The summed E-state index contributed by atoms with van der Waals surface area (Å²) in [5.74, 6) is 0. The molecule has 1 saturated heterocycles. The second-order valence-corrected chi connectivity index (χ2v) is 3.09. The first-order valence-electron chi connectivity index (χ1n) is 11.1. The van der Waals surface area contributed by atoms with Crippen LogP contribution in [0.5, 0.6) is 0 Å². The molecule has 1 fully saturated rings. The standard InChI is InChI=1S/C11H15BrN2/c1-9-4-2-3-5-14(9)11-6-10(12)7-13-8-11/h6-9H,2-5H2,1H3/i1D3,2D2,3D2,4D2,5D2,6D,7D,8D,9D. The maximum Gasteiger partial charge on any atom is 0.0862 e. The summed E-state index contributed by atoms with van der Waals surface area (Å²) in [4.78, 5) is 3.17. The van der Waals surface area contributed by atoms with Gasteiger partial charge in [-0.15, -0.1) is 0 Å². The van der Waals surface area contributed by atoms with E-state index in [-0.39, 0.29) is 4.90 Å². The summed E-state index contributed by atoms with van der Waals surface area (Å²) in [6, 6.07) is -4.71. The van der Waals surface area contributed by atoms with E-state index in [4.69, 9.17) is 20.6 Å². The molecule has 1 atom stereocenters. The van der Waals surface area contributed by atoms with E-state index in [0.29, 0.717) is 0 Å². The zero-order valence-corrected chi connectivity index (χ0v) is 8.36. The largest absolute Gasteiger partial charge is 0.368 e. The lowest BCUT2D eigenvalue weighted by Gasteiger charge is -2.35. The molecule has 1 aliphatic rings. The predicted octanol–water partition coefficient (Wildman–Crippen LogP) is 3.22. The number of aromatic nitrogens is 1. The van der Waals surface area contributed by atoms with Gasteiger partial charge >= 0.3 is 0 Å². The third kappa shape index (κ3) is 2.08. The molecule has 1 unspecified atom stereocenters. The van der Waals surface area contributed by atoms with Crippen molar-refractivity contribution in [3.05, 3.63) is 22.9 Å². The van der Waals surface area contributed by atoms with Crippen LogP contribution in [-0.2, 0) is 0 Å². The number of nitrogens with zero attached hydrogens (tertiary/aromatic N) is 2. The number of hydrogen-bond acceptors (Lipinski definition) is 2. The van der Waals surface area contributed by atoms with Gasteiger partial charge in [0, 0.05) is 38.2 Å². The van der Waals surface area contributed by atoms with E-state index >= 15 is 0 Å². The molecule has 2 heterocycles. The second-order valence-electron chi connectivity index (χ2n) is 2.29. The average molecular weight is 270 g/mol. The van der Waals surface area contributed by atoms with Gasteiger partial charge in [-0.25, -0.2) is 0 Å². The lowest BCUT2D eigenvalue weighted by molar-refractivity contribution is 0.484. The van der Waals surface area contributed by atoms with Gasteiger partial charge < -0.3 is 4.90 Å². The van der Waals surface area contributed by atoms with E-state index < -0.39 is 67.0 Å². The van der Waals surface area contributed by atoms with Crippen molar-refractivity contribution in [1.29, 1.82) is 0 Å². The molecule has 76 valence electrons. The minimum absolute atomic E-state index is 0.240. The van der Waals surface area contributed by atoms with Crippen molar-refractivity contribution in [3.8, 4) is 0 Å². The van der Waals surface area contributed by atoms with E-state index in [1.54, 1.807) is 0 Å². The van der Waals surface area contributed by atoms with Crippen LogP contribution in [0.25, 0.3) is 0 Å². The van der Waals surface area contributed by atoms with Gasteiger partial charge in [0.25, 0.3) is 0 Å². The monoisotopic (exact) mass is 269 g/mol. The highest BCUT2D eigenvalue weighted by Gasteiger charge is 2.18. The SMILES string of the molecule is [2H]c1nc([2H])c(N2C([2H])([2H])C([2H])([2H])C([2H])([2H])C([2H])([2H])C2([2H])C([2H])([2H])[2H])c([2H])c1Br. The molecule has 0 aromatic carbocycles. The number of halogens is 1. The minimum atomic E-state index is -3.86. The summed E-state index contributed by atoms with van der Waals surface area (Å²) in [7, 11) is 0. The lowest BCUT2D eigenvalue weighted by atomic mass is 10.0. The maximum absolute atomic E-state index is 8.46. The Bertz CT molecular complexity index is 850. The van der Waals surface area contributed by atoms with Gasteiger partial charge in [-0.3, -0.25) is 4.98 Å². The number of anilines is 1. The van der Waals surface area contributed by atoms with Crippen LogP contribution < -0.4 is 4.90 Å². The molecule has 2 nitrogen and oxygen atoms in total. The molecular formula is C11H15BrN2. The highest BCUT2D eigenvalue weighted by atomic mass is 79.9. The number of piperidine rings is 1. The molecule has 3 heteroatoms. The lowest BCUT2D eigenvalue weighted by Crippen LogP contribution is -2.37. The first-order valence-corrected chi connectivity index (χ1v) is 4.35. The topological polar surface area (TPSA) is 16.1 Å². The van der Waals surface area contributed by atoms with Crippen molar-refractivity contribution in [1.82, 2.24) is 4.98 Å². The Balaban J connectivity index is 3.12. The van der Waals surface area contributed by atoms with Crippen molar-refractivity contribution >= 4 is 21.6 Å². The fourth-order valence-corrected chi connectivity index (χ4v) is 1.13. The summed E-state index contributed by atoms with van der Waals surface area (Å²) in [6.07, 6.45) is -13.1. The summed E-state index contributed by atoms with van der Waals surface area (Å²) in [6.45, 7) is -7.48. The Morgan fingerprint density at radius 1 is 1.79 bits per heavy atom. The molecule has 0 spiro atoms. The Hall–Kier alpha value is -0.570. The van der Waals surface area contributed by atoms with Crippen LogP contribution in [0, 0.1) is 0 Å². The van der Waals surface area contributed by atoms with Crippen molar-refractivity contribution in [2.75, 3.05) is 11.4 Å². The highest BCUT2D eigenvalue weighted by molar-refractivity contribution is 9.10. The van der Waals surface area contributed by atoms with Crippen LogP contribution in [0.15, 0.2) is 22.9 Å². The van der Waals surface area contributed by atoms with Crippen LogP contribution >= 0.6 is 15.9 Å². The fraction of sp³-hybridized carbons (Fsp3) is 0.545. The number of pyridine rings is 1. The van der Waals surface area contributed by atoms with Crippen molar-refractivity contribution < 1.29 is 20.6 Å². The van der Waals surface area contributed by atoms with Crippen LogP contribution in [0.1, 0.15) is 46.5 Å².